The average Bonchev–Trinajstić information content (AvgIpc) is 1.65. The van der Waals surface area contributed by atoms with Gasteiger partial charge in [-0.3, -0.25) is 0 Å². The van der Waals surface area contributed by atoms with Crippen LogP contribution >= 0.6 is 0 Å². The second-order valence-electron chi connectivity index (χ2n) is 1.79. The van der Waals surface area contributed by atoms with Crippen LogP contribution in [-0.4, -0.2) is 24.9 Å². The van der Waals surface area contributed by atoms with Gasteiger partial charge in [0, 0.05) is 20.5 Å². The Morgan fingerprint density at radius 1 is 1.62 bits per heavy atom. The zero-order valence-electron chi connectivity index (χ0n) is 5.68. The van der Waals surface area contributed by atoms with Crippen molar-refractivity contribution in [1.82, 2.24) is 5.01 Å². The van der Waals surface area contributed by atoms with E-state index in [4.69, 9.17) is 5.73 Å². The number of amidine groups is 1. The lowest BCUT2D eigenvalue weighted by Gasteiger charge is -2.03. The minimum absolute atomic E-state index is 0.676. The van der Waals surface area contributed by atoms with Crippen LogP contribution in [-0.2, 0) is 0 Å². The summed E-state index contributed by atoms with van der Waals surface area (Å²) in [7, 11) is 3.70. The van der Waals surface area contributed by atoms with Gasteiger partial charge in [-0.1, -0.05) is 6.92 Å². The first-order valence-electron chi connectivity index (χ1n) is 2.67. The lowest BCUT2D eigenvalue weighted by Crippen LogP contribution is -2.15. The summed E-state index contributed by atoms with van der Waals surface area (Å²) in [6.07, 6.45) is 0.818. The van der Waals surface area contributed by atoms with Gasteiger partial charge in [0.1, 0.15) is 5.84 Å². The zero-order chi connectivity index (χ0) is 6.57. The molecule has 0 fully saturated rings. The maximum Gasteiger partial charge on any atom is 0.119 e. The molecule has 0 aromatic carbocycles. The third-order valence-corrected chi connectivity index (χ3v) is 0.691. The molecule has 3 nitrogen and oxygen atoms in total. The standard InChI is InChI=1S/C5H13N3/c1-4-5(6)7-8(2)3/h4H2,1-3H3,(H2,6,7). The molecular weight excluding hydrogens is 102 g/mol. The first-order chi connectivity index (χ1) is 3.66. The van der Waals surface area contributed by atoms with Crippen molar-refractivity contribution in [3.8, 4) is 0 Å². The van der Waals surface area contributed by atoms with Crippen LogP contribution in [0.2, 0.25) is 0 Å². The van der Waals surface area contributed by atoms with Gasteiger partial charge in [0.25, 0.3) is 0 Å². The van der Waals surface area contributed by atoms with Crippen LogP contribution < -0.4 is 5.73 Å². The number of nitrogens with two attached hydrogens (primary N) is 1. The van der Waals surface area contributed by atoms with Crippen molar-refractivity contribution in [2.24, 2.45) is 10.8 Å². The fraction of sp³-hybridized carbons (Fsp3) is 0.800. The molecule has 0 unspecified atom stereocenters. The van der Waals surface area contributed by atoms with Gasteiger partial charge in [-0.15, -0.1) is 0 Å². The van der Waals surface area contributed by atoms with Crippen molar-refractivity contribution < 1.29 is 0 Å². The van der Waals surface area contributed by atoms with Gasteiger partial charge >= 0.3 is 0 Å². The smallest absolute Gasteiger partial charge is 0.119 e. The molecular formula is C5H13N3. The van der Waals surface area contributed by atoms with E-state index in [9.17, 15) is 0 Å². The zero-order valence-corrected chi connectivity index (χ0v) is 5.68. The highest BCUT2D eigenvalue weighted by Gasteiger charge is 1.83. The monoisotopic (exact) mass is 115 g/mol. The number of nitrogens with zero attached hydrogens (tertiary/aromatic N) is 2. The molecule has 0 atom stereocenters. The Labute approximate surface area is 50.2 Å². The molecule has 0 spiro atoms. The van der Waals surface area contributed by atoms with Gasteiger partial charge in [0.2, 0.25) is 0 Å². The molecule has 0 amide bonds. The third kappa shape index (κ3) is 3.46. The van der Waals surface area contributed by atoms with Crippen molar-refractivity contribution in [2.75, 3.05) is 14.1 Å². The van der Waals surface area contributed by atoms with E-state index in [0.717, 1.165) is 6.42 Å². The number of hydrogen-bond donors (Lipinski definition) is 1. The summed E-state index contributed by atoms with van der Waals surface area (Å²) < 4.78 is 0. The largest absolute Gasteiger partial charge is 0.386 e. The van der Waals surface area contributed by atoms with Gasteiger partial charge in [-0.2, -0.15) is 5.10 Å². The molecule has 0 aliphatic carbocycles. The first-order valence-corrected chi connectivity index (χ1v) is 2.67. The van der Waals surface area contributed by atoms with E-state index in [1.807, 2.05) is 21.0 Å². The Balaban J connectivity index is 3.56. The van der Waals surface area contributed by atoms with Gasteiger partial charge in [0.05, 0.1) is 0 Å². The minimum atomic E-state index is 0.676. The number of rotatable bonds is 2. The molecule has 0 aliphatic rings. The second-order valence-corrected chi connectivity index (χ2v) is 1.79. The summed E-state index contributed by atoms with van der Waals surface area (Å²) >= 11 is 0. The van der Waals surface area contributed by atoms with Crippen LogP contribution in [0.3, 0.4) is 0 Å². The van der Waals surface area contributed by atoms with Crippen molar-refractivity contribution in [1.29, 1.82) is 0 Å². The van der Waals surface area contributed by atoms with Gasteiger partial charge in [0.15, 0.2) is 0 Å². The highest BCUT2D eigenvalue weighted by atomic mass is 15.4. The van der Waals surface area contributed by atoms with Crippen LogP contribution in [0.1, 0.15) is 13.3 Å². The van der Waals surface area contributed by atoms with Gasteiger partial charge < -0.3 is 10.7 Å². The topological polar surface area (TPSA) is 41.6 Å². The van der Waals surface area contributed by atoms with Gasteiger partial charge in [-0.05, 0) is 0 Å². The van der Waals surface area contributed by atoms with Crippen molar-refractivity contribution in [3.63, 3.8) is 0 Å². The molecule has 0 saturated heterocycles. The molecule has 0 radical (unpaired) electrons. The fourth-order valence-corrected chi connectivity index (χ4v) is 0.328. The van der Waals surface area contributed by atoms with E-state index >= 15 is 0 Å². The van der Waals surface area contributed by atoms with Crippen LogP contribution in [0.25, 0.3) is 0 Å². The predicted octanol–water partition coefficient (Wildman–Crippen LogP) is 0.230. The van der Waals surface area contributed by atoms with Crippen LogP contribution in [0.4, 0.5) is 0 Å². The Kier molecular flexibility index (Phi) is 2.99. The number of hydrogen-bond acceptors (Lipinski definition) is 2. The third-order valence-electron chi connectivity index (χ3n) is 0.691. The Morgan fingerprint density at radius 2 is 2.12 bits per heavy atom. The van der Waals surface area contributed by atoms with E-state index in [1.54, 1.807) is 5.01 Å². The Bertz CT molecular complexity index is 85.7. The summed E-state index contributed by atoms with van der Waals surface area (Å²) in [5, 5.41) is 5.62. The molecule has 0 aromatic heterocycles. The molecule has 48 valence electrons. The highest BCUT2D eigenvalue weighted by molar-refractivity contribution is 5.79. The lowest BCUT2D eigenvalue weighted by atomic mass is 10.5. The Hall–Kier alpha value is -0.730. The number of hydrazone groups is 1. The predicted molar refractivity (Wildman–Crippen MR) is 35.6 cm³/mol. The second kappa shape index (κ2) is 3.29. The van der Waals surface area contributed by atoms with Crippen LogP contribution in [0.15, 0.2) is 5.10 Å². The summed E-state index contributed by atoms with van der Waals surface area (Å²) in [6.45, 7) is 1.97. The molecule has 0 saturated carbocycles. The molecule has 0 aliphatic heterocycles. The SMILES string of the molecule is CC/C(N)=N/N(C)C. The minimum Gasteiger partial charge on any atom is -0.386 e. The molecule has 3 heteroatoms. The van der Waals surface area contributed by atoms with E-state index in [1.165, 1.54) is 0 Å². The Morgan fingerprint density at radius 3 is 2.25 bits per heavy atom. The van der Waals surface area contributed by atoms with E-state index in [0.29, 0.717) is 5.84 Å². The quantitative estimate of drug-likeness (QED) is 0.318. The highest BCUT2D eigenvalue weighted by Crippen LogP contribution is 1.79. The summed E-state index contributed by atoms with van der Waals surface area (Å²) in [5.74, 6) is 0.676. The van der Waals surface area contributed by atoms with Gasteiger partial charge in [-0.25, -0.2) is 0 Å². The van der Waals surface area contributed by atoms with E-state index < -0.39 is 0 Å². The summed E-state index contributed by atoms with van der Waals surface area (Å²) in [4.78, 5) is 0. The summed E-state index contributed by atoms with van der Waals surface area (Å²) in [6, 6.07) is 0. The average molecular weight is 115 g/mol. The molecule has 0 heterocycles. The molecule has 2 N–H and O–H groups in total. The molecule has 0 bridgehead atoms. The van der Waals surface area contributed by atoms with Crippen LogP contribution in [0.5, 0.6) is 0 Å². The molecule has 0 rings (SSSR count). The van der Waals surface area contributed by atoms with Crippen molar-refractivity contribution in [3.05, 3.63) is 0 Å². The van der Waals surface area contributed by atoms with Crippen molar-refractivity contribution in [2.45, 2.75) is 13.3 Å². The van der Waals surface area contributed by atoms with Crippen molar-refractivity contribution >= 4 is 5.84 Å². The van der Waals surface area contributed by atoms with E-state index in [-0.39, 0.29) is 0 Å². The van der Waals surface area contributed by atoms with E-state index in [2.05, 4.69) is 5.10 Å². The van der Waals surface area contributed by atoms with Crippen LogP contribution in [0, 0.1) is 0 Å². The molecule has 8 heavy (non-hydrogen) atoms. The fourth-order valence-electron chi connectivity index (χ4n) is 0.328. The molecule has 0 aromatic rings. The summed E-state index contributed by atoms with van der Waals surface area (Å²) in [5.41, 5.74) is 5.38. The maximum atomic E-state index is 5.38. The normalized spacial score (nSPS) is 11.6. The first kappa shape index (κ1) is 7.27. The lowest BCUT2D eigenvalue weighted by molar-refractivity contribution is 0.435. The maximum absolute atomic E-state index is 5.38.